The van der Waals surface area contributed by atoms with Gasteiger partial charge in [-0.2, -0.15) is 0 Å². The number of esters is 1. The van der Waals surface area contributed by atoms with Crippen LogP contribution in [-0.2, 0) is 14.3 Å². The summed E-state index contributed by atoms with van der Waals surface area (Å²) in [6.07, 6.45) is 4.12. The van der Waals surface area contributed by atoms with Crippen molar-refractivity contribution in [3.63, 3.8) is 0 Å². The van der Waals surface area contributed by atoms with Crippen molar-refractivity contribution >= 4 is 11.9 Å². The fraction of sp³-hybridized carbons (Fsp3) is 0.818. The van der Waals surface area contributed by atoms with Crippen LogP contribution in [-0.4, -0.2) is 37.0 Å². The Bertz CT molecular complexity index is 236. The normalized spacial score (nSPS) is 15.6. The molecule has 0 spiro atoms. The molecule has 1 amide bonds. The number of ether oxygens (including phenoxy) is 1. The number of hydrogen-bond acceptors (Lipinski definition) is 3. The molecule has 15 heavy (non-hydrogen) atoms. The number of nitrogens with zero attached hydrogens (tertiary/aromatic N) is 1. The van der Waals surface area contributed by atoms with E-state index in [1.165, 1.54) is 11.3 Å². The van der Waals surface area contributed by atoms with E-state index >= 15 is 0 Å². The highest BCUT2D eigenvalue weighted by Crippen LogP contribution is 2.29. The molecule has 0 heterocycles. The molecule has 1 aliphatic carbocycles. The SMILES string of the molecule is CCOC(=O)CN(C)C(=O)CC1CCC1. The fourth-order valence-electron chi connectivity index (χ4n) is 1.59. The fourth-order valence-corrected chi connectivity index (χ4v) is 1.59. The van der Waals surface area contributed by atoms with Crippen LogP contribution in [0.5, 0.6) is 0 Å². The predicted molar refractivity (Wildman–Crippen MR) is 56.2 cm³/mol. The lowest BCUT2D eigenvalue weighted by Crippen LogP contribution is -2.34. The van der Waals surface area contributed by atoms with E-state index in [0.29, 0.717) is 18.9 Å². The van der Waals surface area contributed by atoms with Gasteiger partial charge in [-0.05, 0) is 25.7 Å². The van der Waals surface area contributed by atoms with Crippen molar-refractivity contribution in [2.45, 2.75) is 32.6 Å². The van der Waals surface area contributed by atoms with Crippen molar-refractivity contribution < 1.29 is 14.3 Å². The zero-order chi connectivity index (χ0) is 11.3. The average Bonchev–Trinajstić information content (AvgIpc) is 2.11. The summed E-state index contributed by atoms with van der Waals surface area (Å²) < 4.78 is 4.78. The van der Waals surface area contributed by atoms with Gasteiger partial charge in [-0.15, -0.1) is 0 Å². The lowest BCUT2D eigenvalue weighted by Gasteiger charge is -2.26. The van der Waals surface area contributed by atoms with Gasteiger partial charge >= 0.3 is 5.97 Å². The minimum Gasteiger partial charge on any atom is -0.465 e. The molecule has 0 bridgehead atoms. The molecular weight excluding hydrogens is 194 g/mol. The second-order valence-corrected chi connectivity index (χ2v) is 4.06. The maximum atomic E-state index is 11.6. The van der Waals surface area contributed by atoms with E-state index in [4.69, 9.17) is 4.74 Å². The first-order valence-electron chi connectivity index (χ1n) is 5.53. The zero-order valence-electron chi connectivity index (χ0n) is 9.49. The molecule has 0 aromatic heterocycles. The minimum absolute atomic E-state index is 0.0488. The second-order valence-electron chi connectivity index (χ2n) is 4.06. The molecule has 0 atom stereocenters. The van der Waals surface area contributed by atoms with Gasteiger partial charge in [0, 0.05) is 13.5 Å². The van der Waals surface area contributed by atoms with Crippen LogP contribution in [0.15, 0.2) is 0 Å². The molecule has 1 rings (SSSR count). The van der Waals surface area contributed by atoms with E-state index in [9.17, 15) is 9.59 Å². The summed E-state index contributed by atoms with van der Waals surface area (Å²) in [6, 6.07) is 0. The first-order chi connectivity index (χ1) is 7.13. The monoisotopic (exact) mass is 213 g/mol. The van der Waals surface area contributed by atoms with Crippen LogP contribution in [0.1, 0.15) is 32.6 Å². The quantitative estimate of drug-likeness (QED) is 0.645. The van der Waals surface area contributed by atoms with Crippen LogP contribution >= 0.6 is 0 Å². The Labute approximate surface area is 90.6 Å². The van der Waals surface area contributed by atoms with Crippen LogP contribution in [0.3, 0.4) is 0 Å². The third-order valence-corrected chi connectivity index (χ3v) is 2.79. The molecule has 4 heteroatoms. The molecule has 0 aliphatic heterocycles. The van der Waals surface area contributed by atoms with Crippen LogP contribution in [0.4, 0.5) is 0 Å². The van der Waals surface area contributed by atoms with Crippen molar-refractivity contribution in [2.75, 3.05) is 20.2 Å². The molecular formula is C11H19NO3. The number of rotatable bonds is 5. The zero-order valence-corrected chi connectivity index (χ0v) is 9.49. The van der Waals surface area contributed by atoms with Crippen LogP contribution < -0.4 is 0 Å². The van der Waals surface area contributed by atoms with Crippen LogP contribution in [0.2, 0.25) is 0 Å². The topological polar surface area (TPSA) is 46.6 Å². The Kier molecular flexibility index (Phi) is 4.59. The molecule has 4 nitrogen and oxygen atoms in total. The van der Waals surface area contributed by atoms with Gasteiger partial charge in [-0.25, -0.2) is 0 Å². The maximum Gasteiger partial charge on any atom is 0.325 e. The molecule has 0 saturated heterocycles. The van der Waals surface area contributed by atoms with Gasteiger partial charge in [0.25, 0.3) is 0 Å². The third kappa shape index (κ3) is 3.90. The summed E-state index contributed by atoms with van der Waals surface area (Å²) in [5, 5.41) is 0. The predicted octanol–water partition coefficient (Wildman–Crippen LogP) is 1.20. The van der Waals surface area contributed by atoms with Gasteiger partial charge in [-0.1, -0.05) is 6.42 Å². The molecule has 0 N–H and O–H groups in total. The van der Waals surface area contributed by atoms with Gasteiger partial charge in [0.05, 0.1) is 6.61 Å². The van der Waals surface area contributed by atoms with Crippen molar-refractivity contribution in [1.29, 1.82) is 0 Å². The highest BCUT2D eigenvalue weighted by molar-refractivity contribution is 5.82. The Hall–Kier alpha value is -1.06. The lowest BCUT2D eigenvalue weighted by atomic mass is 9.83. The summed E-state index contributed by atoms with van der Waals surface area (Å²) in [6.45, 7) is 2.19. The average molecular weight is 213 g/mol. The highest BCUT2D eigenvalue weighted by atomic mass is 16.5. The van der Waals surface area contributed by atoms with Crippen molar-refractivity contribution in [2.24, 2.45) is 5.92 Å². The van der Waals surface area contributed by atoms with Gasteiger partial charge in [-0.3, -0.25) is 9.59 Å². The number of carbonyl (C=O) groups excluding carboxylic acids is 2. The lowest BCUT2D eigenvalue weighted by molar-refractivity contribution is -0.148. The number of hydrogen-bond donors (Lipinski definition) is 0. The Balaban J connectivity index is 2.22. The Morgan fingerprint density at radius 2 is 2.07 bits per heavy atom. The highest BCUT2D eigenvalue weighted by Gasteiger charge is 2.23. The molecule has 1 saturated carbocycles. The number of carbonyl (C=O) groups is 2. The summed E-state index contributed by atoms with van der Waals surface area (Å²) in [5.41, 5.74) is 0. The Morgan fingerprint density at radius 3 is 2.53 bits per heavy atom. The van der Waals surface area contributed by atoms with E-state index in [-0.39, 0.29) is 18.4 Å². The van der Waals surface area contributed by atoms with Crippen LogP contribution in [0.25, 0.3) is 0 Å². The molecule has 1 aliphatic rings. The second kappa shape index (κ2) is 5.73. The summed E-state index contributed by atoms with van der Waals surface area (Å²) in [4.78, 5) is 24.2. The first-order valence-corrected chi connectivity index (χ1v) is 5.53. The summed E-state index contributed by atoms with van der Waals surface area (Å²) >= 11 is 0. The first kappa shape index (κ1) is 12.0. The van der Waals surface area contributed by atoms with Gasteiger partial charge < -0.3 is 9.64 Å². The molecule has 86 valence electrons. The van der Waals surface area contributed by atoms with Crippen molar-refractivity contribution in [1.82, 2.24) is 4.90 Å². The number of amides is 1. The van der Waals surface area contributed by atoms with Crippen LogP contribution in [0, 0.1) is 5.92 Å². The minimum atomic E-state index is -0.332. The molecule has 1 fully saturated rings. The van der Waals surface area contributed by atoms with E-state index in [1.54, 1.807) is 14.0 Å². The molecule has 0 unspecified atom stereocenters. The molecule has 0 aromatic carbocycles. The van der Waals surface area contributed by atoms with Gasteiger partial charge in [0.2, 0.25) is 5.91 Å². The van der Waals surface area contributed by atoms with E-state index < -0.39 is 0 Å². The summed E-state index contributed by atoms with van der Waals surface area (Å²) in [7, 11) is 1.65. The van der Waals surface area contributed by atoms with E-state index in [1.807, 2.05) is 0 Å². The molecule has 0 aromatic rings. The smallest absolute Gasteiger partial charge is 0.325 e. The van der Waals surface area contributed by atoms with E-state index in [0.717, 1.165) is 12.8 Å². The summed E-state index contributed by atoms with van der Waals surface area (Å²) in [5.74, 6) is 0.261. The van der Waals surface area contributed by atoms with Gasteiger partial charge in [0.15, 0.2) is 0 Å². The third-order valence-electron chi connectivity index (χ3n) is 2.79. The largest absolute Gasteiger partial charge is 0.465 e. The molecule has 0 radical (unpaired) electrons. The number of likely N-dealkylation sites (N-methyl/N-ethyl adjacent to an activating group) is 1. The van der Waals surface area contributed by atoms with Gasteiger partial charge in [0.1, 0.15) is 6.54 Å². The Morgan fingerprint density at radius 1 is 1.40 bits per heavy atom. The van der Waals surface area contributed by atoms with Crippen molar-refractivity contribution in [3.8, 4) is 0 Å². The van der Waals surface area contributed by atoms with E-state index in [2.05, 4.69) is 0 Å². The standard InChI is InChI=1S/C11H19NO3/c1-3-15-11(14)8-12(2)10(13)7-9-5-4-6-9/h9H,3-8H2,1-2H3. The van der Waals surface area contributed by atoms with Crippen molar-refractivity contribution in [3.05, 3.63) is 0 Å². The maximum absolute atomic E-state index is 11.6.